The van der Waals surface area contributed by atoms with Crippen LogP contribution in [0.4, 0.5) is 0 Å². The van der Waals surface area contributed by atoms with Gasteiger partial charge in [0.1, 0.15) is 28.9 Å². The van der Waals surface area contributed by atoms with Crippen LogP contribution in [0.2, 0.25) is 0 Å². The van der Waals surface area contributed by atoms with Crippen molar-refractivity contribution in [1.29, 1.82) is 0 Å². The Balaban J connectivity index is 1.22. The molecule has 5 aromatic rings. The van der Waals surface area contributed by atoms with Crippen molar-refractivity contribution in [3.8, 4) is 16.9 Å². The zero-order valence-corrected chi connectivity index (χ0v) is 27.2. The van der Waals surface area contributed by atoms with Gasteiger partial charge in [-0.2, -0.15) is 0 Å². The molecule has 224 valence electrons. The van der Waals surface area contributed by atoms with Crippen molar-refractivity contribution in [3.63, 3.8) is 0 Å². The second-order valence-electron chi connectivity index (χ2n) is 11.9. The monoisotopic (exact) mass is 599 g/mol. The van der Waals surface area contributed by atoms with E-state index in [4.69, 9.17) is 4.74 Å². The number of hydrogen-bond donors (Lipinski definition) is 0. The average Bonchev–Trinajstić information content (AvgIpc) is 3.06. The SMILES string of the molecule is Cc1cc(OC(=O)CCCCCC[P+](c2ccccc2)(c2ccccc2)c2ccccc2)c(C(C)C)cc1-c1ccccc1. The molecule has 5 rings (SSSR count). The van der Waals surface area contributed by atoms with Crippen molar-refractivity contribution in [2.75, 3.05) is 6.16 Å². The van der Waals surface area contributed by atoms with Gasteiger partial charge in [-0.15, -0.1) is 0 Å². The number of carbonyl (C=O) groups excluding carboxylic acids is 1. The fourth-order valence-corrected chi connectivity index (χ4v) is 10.6. The van der Waals surface area contributed by atoms with Crippen LogP contribution in [0.1, 0.15) is 63.0 Å². The number of carbonyl (C=O) groups is 1. The van der Waals surface area contributed by atoms with E-state index in [1.165, 1.54) is 27.0 Å². The van der Waals surface area contributed by atoms with Crippen molar-refractivity contribution in [2.45, 2.75) is 58.8 Å². The summed E-state index contributed by atoms with van der Waals surface area (Å²) in [6, 6.07) is 47.8. The lowest BCUT2D eigenvalue weighted by molar-refractivity contribution is -0.134. The first-order chi connectivity index (χ1) is 21.5. The maximum Gasteiger partial charge on any atom is 0.311 e. The summed E-state index contributed by atoms with van der Waals surface area (Å²) in [5.74, 6) is 0.812. The average molecular weight is 600 g/mol. The lowest BCUT2D eigenvalue weighted by atomic mass is 9.93. The third-order valence-electron chi connectivity index (χ3n) is 8.50. The Morgan fingerprint density at radius 3 is 1.61 bits per heavy atom. The second-order valence-corrected chi connectivity index (χ2v) is 15.5. The van der Waals surface area contributed by atoms with E-state index >= 15 is 0 Å². The number of rotatable bonds is 13. The first kappa shape index (κ1) is 31.4. The van der Waals surface area contributed by atoms with E-state index in [0.717, 1.165) is 43.0 Å². The van der Waals surface area contributed by atoms with Gasteiger partial charge in [-0.1, -0.05) is 105 Å². The van der Waals surface area contributed by atoms with E-state index in [9.17, 15) is 4.79 Å². The molecule has 0 fully saturated rings. The summed E-state index contributed by atoms with van der Waals surface area (Å²) < 4.78 is 5.98. The molecule has 0 unspecified atom stereocenters. The summed E-state index contributed by atoms with van der Waals surface area (Å²) in [5, 5.41) is 4.28. The van der Waals surface area contributed by atoms with Gasteiger partial charge >= 0.3 is 5.97 Å². The predicted molar refractivity (Wildman–Crippen MR) is 189 cm³/mol. The van der Waals surface area contributed by atoms with Gasteiger partial charge in [0.2, 0.25) is 0 Å². The van der Waals surface area contributed by atoms with Crippen LogP contribution < -0.4 is 20.7 Å². The van der Waals surface area contributed by atoms with E-state index in [1.54, 1.807) is 0 Å². The van der Waals surface area contributed by atoms with Crippen molar-refractivity contribution in [2.24, 2.45) is 0 Å². The molecule has 44 heavy (non-hydrogen) atoms. The highest BCUT2D eigenvalue weighted by Crippen LogP contribution is 2.56. The van der Waals surface area contributed by atoms with Gasteiger partial charge in [0.25, 0.3) is 0 Å². The fraction of sp³-hybridized carbons (Fsp3) is 0.244. The summed E-state index contributed by atoms with van der Waals surface area (Å²) >= 11 is 0. The molecule has 5 aromatic carbocycles. The molecule has 0 saturated carbocycles. The van der Waals surface area contributed by atoms with E-state index in [1.807, 2.05) is 12.1 Å². The third-order valence-corrected chi connectivity index (χ3v) is 13.0. The van der Waals surface area contributed by atoms with Crippen LogP contribution >= 0.6 is 7.26 Å². The standard InChI is InChI=1S/C41H44O2P/c1-32(2)38-31-39(34-20-10-6-11-21-34)33(3)30-40(38)43-41(42)28-18-4-5-19-29-44(35-22-12-7-13-23-35,36-24-14-8-15-25-36)37-26-16-9-17-27-37/h6-17,20-27,30-32H,4-5,18-19,28-29H2,1-3H3/q+1. The van der Waals surface area contributed by atoms with Crippen molar-refractivity contribution in [1.82, 2.24) is 0 Å². The Morgan fingerprint density at radius 1 is 0.636 bits per heavy atom. The van der Waals surface area contributed by atoms with Crippen LogP contribution in [0.25, 0.3) is 11.1 Å². The van der Waals surface area contributed by atoms with Crippen LogP contribution in [0.5, 0.6) is 5.75 Å². The summed E-state index contributed by atoms with van der Waals surface area (Å²) in [6.45, 7) is 6.40. The Morgan fingerprint density at radius 2 is 1.11 bits per heavy atom. The number of unbranched alkanes of at least 4 members (excludes halogenated alkanes) is 3. The number of aryl methyl sites for hydroxylation is 1. The molecule has 0 radical (unpaired) electrons. The quantitative estimate of drug-likeness (QED) is 0.0583. The molecule has 0 aliphatic carbocycles. The molecule has 0 bridgehead atoms. The molecule has 0 aliphatic rings. The predicted octanol–water partition coefficient (Wildman–Crippen LogP) is 9.64. The number of esters is 1. The summed E-state index contributed by atoms with van der Waals surface area (Å²) in [4.78, 5) is 13.0. The summed E-state index contributed by atoms with van der Waals surface area (Å²) in [5.41, 5.74) is 4.56. The first-order valence-corrected chi connectivity index (χ1v) is 17.9. The van der Waals surface area contributed by atoms with Gasteiger partial charge in [-0.3, -0.25) is 4.79 Å². The topological polar surface area (TPSA) is 26.3 Å². The third kappa shape index (κ3) is 7.37. The second kappa shape index (κ2) is 15.1. The zero-order chi connectivity index (χ0) is 30.8. The van der Waals surface area contributed by atoms with Crippen LogP contribution in [0.3, 0.4) is 0 Å². The molecule has 3 heteroatoms. The minimum Gasteiger partial charge on any atom is -0.426 e. The maximum absolute atomic E-state index is 13.0. The highest BCUT2D eigenvalue weighted by Gasteiger charge is 2.44. The van der Waals surface area contributed by atoms with Gasteiger partial charge < -0.3 is 4.74 Å². The fourth-order valence-electron chi connectivity index (χ4n) is 6.19. The Kier molecular flexibility index (Phi) is 10.8. The van der Waals surface area contributed by atoms with E-state index in [0.29, 0.717) is 12.2 Å². The number of benzene rings is 5. The van der Waals surface area contributed by atoms with Crippen LogP contribution in [-0.4, -0.2) is 12.1 Å². The summed E-state index contributed by atoms with van der Waals surface area (Å²) in [7, 11) is -1.80. The van der Waals surface area contributed by atoms with Gasteiger partial charge in [-0.25, -0.2) is 0 Å². The van der Waals surface area contributed by atoms with E-state index < -0.39 is 7.26 Å². The molecular weight excluding hydrogens is 555 g/mol. The molecule has 0 amide bonds. The molecule has 0 aliphatic heterocycles. The normalized spacial score (nSPS) is 11.5. The van der Waals surface area contributed by atoms with Crippen molar-refractivity contribution >= 4 is 29.1 Å². The van der Waals surface area contributed by atoms with Gasteiger partial charge in [0, 0.05) is 6.42 Å². The minimum atomic E-state index is -1.80. The number of ether oxygens (including phenoxy) is 1. The van der Waals surface area contributed by atoms with E-state index in [-0.39, 0.29) is 11.9 Å². The zero-order valence-electron chi connectivity index (χ0n) is 26.3. The molecular formula is C41H44O2P+. The summed E-state index contributed by atoms with van der Waals surface area (Å²) in [6.07, 6.45) is 5.59. The smallest absolute Gasteiger partial charge is 0.311 e. The molecule has 0 saturated heterocycles. The highest BCUT2D eigenvalue weighted by molar-refractivity contribution is 7.95. The van der Waals surface area contributed by atoms with Crippen LogP contribution in [-0.2, 0) is 4.79 Å². The van der Waals surface area contributed by atoms with Crippen LogP contribution in [0.15, 0.2) is 133 Å². The molecule has 0 heterocycles. The Bertz CT molecular complexity index is 1520. The van der Waals surface area contributed by atoms with E-state index in [2.05, 4.69) is 142 Å². The lowest BCUT2D eigenvalue weighted by Gasteiger charge is -2.27. The molecule has 0 N–H and O–H groups in total. The largest absolute Gasteiger partial charge is 0.426 e. The molecule has 0 aromatic heterocycles. The van der Waals surface area contributed by atoms with Crippen molar-refractivity contribution in [3.05, 3.63) is 145 Å². The molecule has 2 nitrogen and oxygen atoms in total. The Labute approximate surface area is 264 Å². The lowest BCUT2D eigenvalue weighted by Crippen LogP contribution is -2.33. The first-order valence-electron chi connectivity index (χ1n) is 15.9. The van der Waals surface area contributed by atoms with Crippen molar-refractivity contribution < 1.29 is 9.53 Å². The molecule has 0 atom stereocenters. The van der Waals surface area contributed by atoms with Gasteiger partial charge in [0.15, 0.2) is 0 Å². The van der Waals surface area contributed by atoms with Crippen LogP contribution in [0, 0.1) is 6.92 Å². The van der Waals surface area contributed by atoms with Gasteiger partial charge in [-0.05, 0) is 103 Å². The maximum atomic E-state index is 13.0. The highest BCUT2D eigenvalue weighted by atomic mass is 31.2. The molecule has 0 spiro atoms. The van der Waals surface area contributed by atoms with Gasteiger partial charge in [0.05, 0.1) is 6.16 Å². The Hall–Kier alpha value is -4.00. The minimum absolute atomic E-state index is 0.140. The number of hydrogen-bond acceptors (Lipinski definition) is 2.